The zero-order valence-electron chi connectivity index (χ0n) is 11.3. The van der Waals surface area contributed by atoms with E-state index in [9.17, 15) is 15.0 Å². The molecule has 3 N–H and O–H groups in total. The molecule has 0 heterocycles. The Bertz CT molecular complexity index is 669. The zero-order chi connectivity index (χ0) is 15.4. The first kappa shape index (κ1) is 14.5. The lowest BCUT2D eigenvalue weighted by molar-refractivity contribution is -0.268. The number of nitrogens with one attached hydrogen (secondary N) is 1. The summed E-state index contributed by atoms with van der Waals surface area (Å²) in [7, 11) is 1.43. The number of phenolic OH excluding ortho intramolecular Hbond substituents is 2. The molecule has 0 aliphatic rings. The Balaban J connectivity index is 2.07. The lowest BCUT2D eigenvalue weighted by atomic mass is 10.1. The van der Waals surface area contributed by atoms with Crippen molar-refractivity contribution in [1.82, 2.24) is 5.32 Å². The van der Waals surface area contributed by atoms with Gasteiger partial charge in [0.25, 0.3) is 5.91 Å². The molecule has 0 aliphatic heterocycles. The number of aromatic hydroxyl groups is 2. The predicted molar refractivity (Wildman–Crippen MR) is 73.4 cm³/mol. The second-order valence-corrected chi connectivity index (χ2v) is 4.37. The van der Waals surface area contributed by atoms with Gasteiger partial charge in [-0.3, -0.25) is 4.79 Å². The lowest BCUT2D eigenvalue weighted by Gasteiger charge is -2.14. The van der Waals surface area contributed by atoms with Gasteiger partial charge >= 0.3 is 0 Å². The second kappa shape index (κ2) is 6.04. The summed E-state index contributed by atoms with van der Waals surface area (Å²) >= 11 is 0. The van der Waals surface area contributed by atoms with Crippen LogP contribution >= 0.6 is 0 Å². The molecule has 110 valence electrons. The van der Waals surface area contributed by atoms with Crippen LogP contribution in [0.25, 0.3) is 0 Å². The molecule has 0 saturated carbocycles. The van der Waals surface area contributed by atoms with Crippen molar-refractivity contribution in [3.05, 3.63) is 47.5 Å². The Labute approximate surface area is 121 Å². The highest BCUT2D eigenvalue weighted by molar-refractivity contribution is 5.96. The van der Waals surface area contributed by atoms with E-state index >= 15 is 0 Å². The first-order valence-electron chi connectivity index (χ1n) is 6.15. The van der Waals surface area contributed by atoms with E-state index in [1.54, 1.807) is 12.1 Å². The molecule has 6 nitrogen and oxygen atoms in total. The second-order valence-electron chi connectivity index (χ2n) is 4.37. The molecule has 0 aromatic heterocycles. The van der Waals surface area contributed by atoms with Gasteiger partial charge in [-0.1, -0.05) is 11.8 Å². The van der Waals surface area contributed by atoms with E-state index in [-0.39, 0.29) is 23.6 Å². The summed E-state index contributed by atoms with van der Waals surface area (Å²) in [5.41, 5.74) is 0.669. The molecule has 0 bridgehead atoms. The molecule has 0 unspecified atom stereocenters. The van der Waals surface area contributed by atoms with Crippen molar-refractivity contribution in [2.75, 3.05) is 7.11 Å². The molecule has 1 amide bonds. The third kappa shape index (κ3) is 3.36. The Morgan fingerprint density at radius 1 is 1.24 bits per heavy atom. The van der Waals surface area contributed by atoms with E-state index in [1.165, 1.54) is 25.3 Å². The van der Waals surface area contributed by atoms with E-state index < -0.39 is 11.7 Å². The van der Waals surface area contributed by atoms with E-state index in [2.05, 4.69) is 5.32 Å². The maximum Gasteiger partial charge on any atom is 0.250 e. The molecule has 21 heavy (non-hydrogen) atoms. The molecule has 2 aromatic carbocycles. The monoisotopic (exact) mass is 288 g/mol. The van der Waals surface area contributed by atoms with Crippen LogP contribution in [-0.4, -0.2) is 23.2 Å². The predicted octanol–water partition coefficient (Wildman–Crippen LogP) is 1.11. The van der Waals surface area contributed by atoms with E-state index in [0.29, 0.717) is 11.3 Å². The van der Waals surface area contributed by atoms with Crippen molar-refractivity contribution in [2.45, 2.75) is 6.54 Å². The maximum absolute atomic E-state index is 11.9. The molecule has 6 heteroatoms. The van der Waals surface area contributed by atoms with Gasteiger partial charge in [0.15, 0.2) is 11.5 Å². The topological polar surface area (TPSA) is 102 Å². The van der Waals surface area contributed by atoms with Crippen LogP contribution in [0.1, 0.15) is 15.9 Å². The Hall–Kier alpha value is -2.89. The van der Waals surface area contributed by atoms with Crippen LogP contribution in [0.4, 0.5) is 0 Å². The van der Waals surface area contributed by atoms with Crippen molar-refractivity contribution in [3.63, 3.8) is 0 Å². The molecular weight excluding hydrogens is 274 g/mol. The minimum Gasteiger partial charge on any atom is -0.872 e. The normalized spacial score (nSPS) is 10.1. The number of methoxy groups -OCH3 is 1. The molecule has 0 saturated heterocycles. The highest BCUT2D eigenvalue weighted by atomic mass is 16.5. The number of benzene rings is 2. The van der Waals surface area contributed by atoms with E-state index in [1.807, 2.05) is 0 Å². The molecule has 0 aliphatic carbocycles. The summed E-state index contributed by atoms with van der Waals surface area (Å²) < 4.78 is 4.97. The van der Waals surface area contributed by atoms with E-state index in [4.69, 9.17) is 9.84 Å². The van der Waals surface area contributed by atoms with Crippen molar-refractivity contribution in [3.8, 4) is 23.0 Å². The van der Waals surface area contributed by atoms with Crippen LogP contribution in [0.2, 0.25) is 0 Å². The number of ether oxygens (including phenoxy) is 1. The maximum atomic E-state index is 11.9. The van der Waals surface area contributed by atoms with Crippen molar-refractivity contribution >= 4 is 5.91 Å². The van der Waals surface area contributed by atoms with Gasteiger partial charge in [0.1, 0.15) is 5.75 Å². The number of carbonyl (C=O) groups is 1. The minimum atomic E-state index is -0.546. The van der Waals surface area contributed by atoms with Crippen LogP contribution in [0.5, 0.6) is 23.0 Å². The number of phenols is 2. The highest BCUT2D eigenvalue weighted by Gasteiger charge is 2.08. The third-order valence-electron chi connectivity index (χ3n) is 2.91. The van der Waals surface area contributed by atoms with Gasteiger partial charge in [-0.05, 0) is 35.9 Å². The minimum absolute atomic E-state index is 0.00737. The molecule has 0 fully saturated rings. The Kier molecular flexibility index (Phi) is 4.18. The summed E-state index contributed by atoms with van der Waals surface area (Å²) in [6, 6.07) is 8.21. The van der Waals surface area contributed by atoms with Crippen molar-refractivity contribution in [2.24, 2.45) is 0 Å². The van der Waals surface area contributed by atoms with Gasteiger partial charge in [-0.25, -0.2) is 0 Å². The highest BCUT2D eigenvalue weighted by Crippen LogP contribution is 2.26. The summed E-state index contributed by atoms with van der Waals surface area (Å²) in [6.07, 6.45) is 0. The average molecular weight is 288 g/mol. The standard InChI is InChI=1S/C15H15NO5/c1-21-14-6-9(2-5-12(14)18)8-16-15(20)11-4-3-10(17)7-13(11)19/h2-7,17-19H,8H2,1H3,(H,16,20)/p-1. The van der Waals surface area contributed by atoms with Gasteiger partial charge in [-0.2, -0.15) is 0 Å². The van der Waals surface area contributed by atoms with Crippen LogP contribution in [-0.2, 0) is 6.54 Å². The van der Waals surface area contributed by atoms with Gasteiger partial charge < -0.3 is 25.4 Å². The average Bonchev–Trinajstić information content (AvgIpc) is 2.46. The number of hydrogen-bond donors (Lipinski definition) is 3. The van der Waals surface area contributed by atoms with Gasteiger partial charge in [-0.15, -0.1) is 0 Å². The Morgan fingerprint density at radius 3 is 2.67 bits per heavy atom. The lowest BCUT2D eigenvalue weighted by Crippen LogP contribution is -2.23. The Morgan fingerprint density at radius 2 is 2.00 bits per heavy atom. The molecule has 0 atom stereocenters. The van der Waals surface area contributed by atoms with Crippen molar-refractivity contribution in [1.29, 1.82) is 0 Å². The fourth-order valence-corrected chi connectivity index (χ4v) is 1.81. The third-order valence-corrected chi connectivity index (χ3v) is 2.91. The fraction of sp³-hybridized carbons (Fsp3) is 0.133. The van der Waals surface area contributed by atoms with Crippen molar-refractivity contribution < 1.29 is 24.9 Å². The number of hydrogen-bond acceptors (Lipinski definition) is 5. The van der Waals surface area contributed by atoms with Gasteiger partial charge in [0, 0.05) is 12.1 Å². The quantitative estimate of drug-likeness (QED) is 0.782. The van der Waals surface area contributed by atoms with Crippen LogP contribution in [0, 0.1) is 0 Å². The smallest absolute Gasteiger partial charge is 0.250 e. The largest absolute Gasteiger partial charge is 0.872 e. The fourth-order valence-electron chi connectivity index (χ4n) is 1.81. The molecule has 2 rings (SSSR count). The van der Waals surface area contributed by atoms with Crippen LogP contribution in [0.15, 0.2) is 36.4 Å². The summed E-state index contributed by atoms with van der Waals surface area (Å²) in [6.45, 7) is 0.176. The van der Waals surface area contributed by atoms with E-state index in [0.717, 1.165) is 6.07 Å². The number of rotatable bonds is 4. The van der Waals surface area contributed by atoms with Gasteiger partial charge in [0.2, 0.25) is 0 Å². The summed E-state index contributed by atoms with van der Waals surface area (Å²) in [5.74, 6) is -0.952. The molecule has 0 radical (unpaired) electrons. The van der Waals surface area contributed by atoms with Crippen LogP contribution in [0.3, 0.4) is 0 Å². The molecule has 0 spiro atoms. The summed E-state index contributed by atoms with van der Waals surface area (Å²) in [4.78, 5) is 11.9. The SMILES string of the molecule is COc1cc(CNC(=O)c2ccc(O)cc2[O-])ccc1O. The first-order valence-corrected chi connectivity index (χ1v) is 6.15. The molecular formula is C15H14NO5-. The summed E-state index contributed by atoms with van der Waals surface area (Å²) in [5, 5.41) is 32.8. The van der Waals surface area contributed by atoms with Crippen LogP contribution < -0.4 is 15.2 Å². The number of amides is 1. The zero-order valence-corrected chi connectivity index (χ0v) is 11.3. The first-order chi connectivity index (χ1) is 10.0. The molecule has 2 aromatic rings. The number of carbonyl (C=O) groups excluding carboxylic acids is 1. The van der Waals surface area contributed by atoms with Gasteiger partial charge in [0.05, 0.1) is 7.11 Å².